The van der Waals surface area contributed by atoms with Crippen LogP contribution in [0.15, 0.2) is 48.5 Å². The topological polar surface area (TPSA) is 91.0 Å². The zero-order valence-electron chi connectivity index (χ0n) is 11.5. The molecular weight excluding hydrogens is 313 g/mol. The van der Waals surface area contributed by atoms with Crippen molar-refractivity contribution in [2.45, 2.75) is 6.18 Å². The molecule has 0 spiro atoms. The third-order valence-electron chi connectivity index (χ3n) is 2.85. The lowest BCUT2D eigenvalue weighted by Gasteiger charge is -2.15. The maximum absolute atomic E-state index is 12.9. The van der Waals surface area contributed by atoms with E-state index < -0.39 is 22.6 Å². The molecule has 6 nitrogen and oxygen atoms in total. The van der Waals surface area contributed by atoms with Gasteiger partial charge in [-0.3, -0.25) is 15.5 Å². The molecule has 0 heterocycles. The first-order chi connectivity index (χ1) is 10.8. The number of halogens is 3. The molecule has 0 aliphatic carbocycles. The van der Waals surface area contributed by atoms with Gasteiger partial charge in [0.25, 0.3) is 5.69 Å². The largest absolute Gasteiger partial charge is 0.418 e. The minimum absolute atomic E-state index is 0.000472. The van der Waals surface area contributed by atoms with Gasteiger partial charge in [0, 0.05) is 6.07 Å². The van der Waals surface area contributed by atoms with Crippen LogP contribution in [0.4, 0.5) is 30.2 Å². The standard InChI is InChI=1S/C14H11F3N4O2/c15-14(16,17)9-5-1-2-6-10(9)19-13(18)20-11-7-3-4-8-12(11)21(22)23/h1-8H,(H3,18,19,20). The molecule has 120 valence electrons. The summed E-state index contributed by atoms with van der Waals surface area (Å²) in [5, 5.41) is 23.2. The summed E-state index contributed by atoms with van der Waals surface area (Å²) >= 11 is 0. The van der Waals surface area contributed by atoms with Crippen molar-refractivity contribution in [2.24, 2.45) is 0 Å². The van der Waals surface area contributed by atoms with E-state index in [0.717, 1.165) is 6.07 Å². The molecule has 0 aromatic heterocycles. The summed E-state index contributed by atoms with van der Waals surface area (Å²) < 4.78 is 38.6. The summed E-state index contributed by atoms with van der Waals surface area (Å²) in [4.78, 5) is 10.2. The van der Waals surface area contributed by atoms with E-state index in [1.54, 1.807) is 0 Å². The molecule has 2 rings (SSSR count). The van der Waals surface area contributed by atoms with Crippen LogP contribution in [0.25, 0.3) is 0 Å². The number of para-hydroxylation sites is 3. The molecule has 0 fully saturated rings. The Morgan fingerprint density at radius 3 is 2.13 bits per heavy atom. The first kappa shape index (κ1) is 16.3. The highest BCUT2D eigenvalue weighted by Crippen LogP contribution is 2.34. The highest BCUT2D eigenvalue weighted by molar-refractivity contribution is 6.03. The summed E-state index contributed by atoms with van der Waals surface area (Å²) in [5.41, 5.74) is -1.55. The van der Waals surface area contributed by atoms with Gasteiger partial charge in [-0.25, -0.2) is 0 Å². The van der Waals surface area contributed by atoms with Crippen LogP contribution in [0.2, 0.25) is 0 Å². The van der Waals surface area contributed by atoms with Gasteiger partial charge in [0.2, 0.25) is 0 Å². The van der Waals surface area contributed by atoms with E-state index in [2.05, 4.69) is 10.6 Å². The molecule has 0 amide bonds. The average Bonchev–Trinajstić information content (AvgIpc) is 2.47. The van der Waals surface area contributed by atoms with Crippen LogP contribution in [-0.2, 0) is 6.18 Å². The van der Waals surface area contributed by atoms with Crippen molar-refractivity contribution in [3.63, 3.8) is 0 Å². The van der Waals surface area contributed by atoms with E-state index in [4.69, 9.17) is 5.41 Å². The summed E-state index contributed by atoms with van der Waals surface area (Å²) in [6.45, 7) is 0. The molecule has 0 aliphatic rings. The number of hydrogen-bond donors (Lipinski definition) is 3. The van der Waals surface area contributed by atoms with Crippen LogP contribution in [0.5, 0.6) is 0 Å². The van der Waals surface area contributed by atoms with Gasteiger partial charge in [-0.2, -0.15) is 13.2 Å². The smallest absolute Gasteiger partial charge is 0.326 e. The zero-order valence-corrected chi connectivity index (χ0v) is 11.5. The number of anilines is 2. The van der Waals surface area contributed by atoms with Crippen LogP contribution in [-0.4, -0.2) is 10.9 Å². The fourth-order valence-electron chi connectivity index (χ4n) is 1.88. The van der Waals surface area contributed by atoms with Gasteiger partial charge in [-0.05, 0) is 18.2 Å². The molecule has 0 unspecified atom stereocenters. The van der Waals surface area contributed by atoms with Crippen molar-refractivity contribution >= 4 is 23.0 Å². The van der Waals surface area contributed by atoms with Crippen LogP contribution >= 0.6 is 0 Å². The molecular formula is C14H11F3N4O2. The molecule has 0 radical (unpaired) electrons. The van der Waals surface area contributed by atoms with Gasteiger partial charge in [0.1, 0.15) is 5.69 Å². The van der Waals surface area contributed by atoms with E-state index in [1.165, 1.54) is 42.5 Å². The predicted molar refractivity (Wildman–Crippen MR) is 79.5 cm³/mol. The number of nitro groups is 1. The molecule has 0 saturated carbocycles. The van der Waals surface area contributed by atoms with Crippen molar-refractivity contribution in [2.75, 3.05) is 10.6 Å². The first-order valence-corrected chi connectivity index (χ1v) is 6.31. The van der Waals surface area contributed by atoms with E-state index >= 15 is 0 Å². The lowest BCUT2D eigenvalue weighted by atomic mass is 10.1. The summed E-state index contributed by atoms with van der Waals surface area (Å²) in [5.74, 6) is -0.518. The Morgan fingerprint density at radius 1 is 1.00 bits per heavy atom. The molecule has 0 atom stereocenters. The van der Waals surface area contributed by atoms with Crippen molar-refractivity contribution in [1.29, 1.82) is 5.41 Å². The second kappa shape index (κ2) is 6.34. The van der Waals surface area contributed by atoms with Crippen molar-refractivity contribution in [1.82, 2.24) is 0 Å². The van der Waals surface area contributed by atoms with E-state index in [0.29, 0.717) is 0 Å². The molecule has 2 aromatic carbocycles. The first-order valence-electron chi connectivity index (χ1n) is 6.31. The molecule has 2 aromatic rings. The van der Waals surface area contributed by atoms with Gasteiger partial charge in [-0.15, -0.1) is 0 Å². The minimum Gasteiger partial charge on any atom is -0.326 e. The van der Waals surface area contributed by atoms with E-state index in [1.807, 2.05) is 0 Å². The van der Waals surface area contributed by atoms with Crippen molar-refractivity contribution in [3.8, 4) is 0 Å². The number of benzene rings is 2. The lowest BCUT2D eigenvalue weighted by molar-refractivity contribution is -0.383. The monoisotopic (exact) mass is 324 g/mol. The van der Waals surface area contributed by atoms with Gasteiger partial charge in [0.15, 0.2) is 5.96 Å². The Bertz CT molecular complexity index is 747. The van der Waals surface area contributed by atoms with Gasteiger partial charge in [0.05, 0.1) is 16.2 Å². The third-order valence-corrected chi connectivity index (χ3v) is 2.85. The van der Waals surface area contributed by atoms with Gasteiger partial charge < -0.3 is 10.6 Å². The Balaban J connectivity index is 2.20. The van der Waals surface area contributed by atoms with Crippen LogP contribution < -0.4 is 10.6 Å². The van der Waals surface area contributed by atoms with Crippen molar-refractivity contribution < 1.29 is 18.1 Å². The number of nitro benzene ring substituents is 1. The molecule has 0 saturated heterocycles. The number of guanidine groups is 1. The quantitative estimate of drug-likeness (QED) is 0.343. The zero-order chi connectivity index (χ0) is 17.0. The lowest BCUT2D eigenvalue weighted by Crippen LogP contribution is -2.23. The number of nitrogens with zero attached hydrogens (tertiary/aromatic N) is 1. The number of alkyl halides is 3. The fraction of sp³-hybridized carbons (Fsp3) is 0.0714. The Morgan fingerprint density at radius 2 is 1.52 bits per heavy atom. The van der Waals surface area contributed by atoms with Crippen LogP contribution in [0.1, 0.15) is 5.56 Å². The van der Waals surface area contributed by atoms with Crippen LogP contribution in [0.3, 0.4) is 0 Å². The molecule has 23 heavy (non-hydrogen) atoms. The van der Waals surface area contributed by atoms with E-state index in [9.17, 15) is 23.3 Å². The molecule has 0 aliphatic heterocycles. The normalized spacial score (nSPS) is 10.9. The fourth-order valence-corrected chi connectivity index (χ4v) is 1.88. The van der Waals surface area contributed by atoms with Crippen LogP contribution in [0, 0.1) is 15.5 Å². The molecule has 3 N–H and O–H groups in total. The maximum atomic E-state index is 12.9. The number of rotatable bonds is 3. The highest BCUT2D eigenvalue weighted by atomic mass is 19.4. The highest BCUT2D eigenvalue weighted by Gasteiger charge is 2.33. The summed E-state index contributed by atoms with van der Waals surface area (Å²) in [6.07, 6.45) is -4.58. The van der Waals surface area contributed by atoms with Gasteiger partial charge in [-0.1, -0.05) is 24.3 Å². The molecule has 9 heteroatoms. The third kappa shape index (κ3) is 3.96. The Kier molecular flexibility index (Phi) is 4.49. The van der Waals surface area contributed by atoms with E-state index in [-0.39, 0.29) is 17.1 Å². The second-order valence-electron chi connectivity index (χ2n) is 4.44. The average molecular weight is 324 g/mol. The maximum Gasteiger partial charge on any atom is 0.418 e. The second-order valence-corrected chi connectivity index (χ2v) is 4.44. The Hall–Kier alpha value is -3.10. The number of hydrogen-bond acceptors (Lipinski definition) is 3. The predicted octanol–water partition coefficient (Wildman–Crippen LogP) is 4.07. The summed E-state index contributed by atoms with van der Waals surface area (Å²) in [6, 6.07) is 10.2. The minimum atomic E-state index is -4.58. The SMILES string of the molecule is N=C(Nc1ccccc1[N+](=O)[O-])Nc1ccccc1C(F)(F)F. The number of nitrogens with one attached hydrogen (secondary N) is 3. The molecule has 0 bridgehead atoms. The summed E-state index contributed by atoms with van der Waals surface area (Å²) in [7, 11) is 0. The van der Waals surface area contributed by atoms with Crippen molar-refractivity contribution in [3.05, 3.63) is 64.2 Å². The Labute approximate surface area is 128 Å². The van der Waals surface area contributed by atoms with Gasteiger partial charge >= 0.3 is 6.18 Å².